The van der Waals surface area contributed by atoms with E-state index in [2.05, 4.69) is 16.8 Å². The van der Waals surface area contributed by atoms with Crippen molar-refractivity contribution in [3.8, 4) is 11.8 Å². The van der Waals surface area contributed by atoms with E-state index in [1.54, 1.807) is 43.5 Å². The number of furan rings is 1. The van der Waals surface area contributed by atoms with Gasteiger partial charge >= 0.3 is 0 Å². The summed E-state index contributed by atoms with van der Waals surface area (Å²) in [5, 5.41) is 12.5. The molecule has 24 heavy (non-hydrogen) atoms. The van der Waals surface area contributed by atoms with Crippen molar-refractivity contribution in [3.05, 3.63) is 40.2 Å². The molecule has 0 saturated carbocycles. The first-order valence-electron chi connectivity index (χ1n) is 8.00. The average molecular weight is 344 g/mol. The second-order valence-corrected chi connectivity index (χ2v) is 7.28. The first-order valence-corrected chi connectivity index (χ1v) is 8.88. The van der Waals surface area contributed by atoms with Crippen LogP contribution in [0.3, 0.4) is 0 Å². The van der Waals surface area contributed by atoms with E-state index in [1.165, 1.54) is 0 Å². The van der Waals surface area contributed by atoms with E-state index < -0.39 is 5.60 Å². The van der Waals surface area contributed by atoms with Crippen LogP contribution in [0.4, 0.5) is 0 Å². The van der Waals surface area contributed by atoms with Gasteiger partial charge < -0.3 is 14.4 Å². The minimum absolute atomic E-state index is 0.0160. The van der Waals surface area contributed by atoms with Gasteiger partial charge in [-0.25, -0.2) is 4.98 Å². The molecule has 3 heterocycles. The van der Waals surface area contributed by atoms with Crippen molar-refractivity contribution in [1.82, 2.24) is 9.88 Å². The van der Waals surface area contributed by atoms with E-state index in [1.807, 2.05) is 10.3 Å². The zero-order valence-corrected chi connectivity index (χ0v) is 14.6. The lowest BCUT2D eigenvalue weighted by molar-refractivity contribution is 0.0578. The lowest BCUT2D eigenvalue weighted by atomic mass is 10.0. The van der Waals surface area contributed by atoms with Crippen LogP contribution in [0.25, 0.3) is 0 Å². The van der Waals surface area contributed by atoms with Crippen molar-refractivity contribution in [2.24, 2.45) is 0 Å². The summed E-state index contributed by atoms with van der Waals surface area (Å²) in [5.74, 6) is 5.95. The van der Waals surface area contributed by atoms with E-state index in [4.69, 9.17) is 4.42 Å². The van der Waals surface area contributed by atoms with Crippen molar-refractivity contribution in [2.45, 2.75) is 44.8 Å². The molecule has 5 nitrogen and oxygen atoms in total. The number of thiazole rings is 1. The van der Waals surface area contributed by atoms with E-state index in [0.29, 0.717) is 12.3 Å². The second kappa shape index (κ2) is 6.80. The fourth-order valence-electron chi connectivity index (χ4n) is 2.71. The van der Waals surface area contributed by atoms with Crippen molar-refractivity contribution >= 4 is 17.2 Å². The molecular formula is C18H20N2O3S. The molecule has 0 bridgehead atoms. The molecular weight excluding hydrogens is 324 g/mol. The predicted octanol–water partition coefficient (Wildman–Crippen LogP) is 3.23. The van der Waals surface area contributed by atoms with Gasteiger partial charge in [-0.05, 0) is 51.2 Å². The van der Waals surface area contributed by atoms with Gasteiger partial charge in [0.1, 0.15) is 10.6 Å². The standard InChI is InChI=1S/C18H20N2O3S/c1-18(2,22)9-8-13-6-7-15(23-13)17(21)20-11-4-3-5-14(20)16-19-10-12-24-16/h6-7,10,12,14,22H,3-5,11H2,1-2H3. The molecule has 2 aromatic heterocycles. The predicted molar refractivity (Wildman–Crippen MR) is 91.6 cm³/mol. The number of aromatic nitrogens is 1. The smallest absolute Gasteiger partial charge is 0.290 e. The maximum Gasteiger partial charge on any atom is 0.290 e. The third-order valence-electron chi connectivity index (χ3n) is 3.81. The number of nitrogens with zero attached hydrogens (tertiary/aromatic N) is 2. The van der Waals surface area contributed by atoms with Crippen molar-refractivity contribution < 1.29 is 14.3 Å². The van der Waals surface area contributed by atoms with Crippen LogP contribution < -0.4 is 0 Å². The molecule has 1 N–H and O–H groups in total. The molecule has 1 atom stereocenters. The van der Waals surface area contributed by atoms with Gasteiger partial charge in [-0.15, -0.1) is 11.3 Å². The average Bonchev–Trinajstić information content (AvgIpc) is 3.23. The molecule has 0 spiro atoms. The monoisotopic (exact) mass is 344 g/mol. The van der Waals surface area contributed by atoms with E-state index >= 15 is 0 Å². The highest BCUT2D eigenvalue weighted by Crippen LogP contribution is 2.33. The summed E-state index contributed by atoms with van der Waals surface area (Å²) < 4.78 is 5.57. The zero-order valence-electron chi connectivity index (χ0n) is 13.8. The minimum atomic E-state index is -1.10. The van der Waals surface area contributed by atoms with Gasteiger partial charge in [-0.1, -0.05) is 5.92 Å². The normalized spacial score (nSPS) is 18.1. The summed E-state index contributed by atoms with van der Waals surface area (Å²) >= 11 is 1.58. The minimum Gasteiger partial charge on any atom is -0.443 e. The lowest BCUT2D eigenvalue weighted by Crippen LogP contribution is -2.38. The maximum atomic E-state index is 12.8. The van der Waals surface area contributed by atoms with Crippen LogP contribution in [0.5, 0.6) is 0 Å². The largest absolute Gasteiger partial charge is 0.443 e. The van der Waals surface area contributed by atoms with Gasteiger partial charge in [0, 0.05) is 18.1 Å². The highest BCUT2D eigenvalue weighted by atomic mass is 32.1. The van der Waals surface area contributed by atoms with Crippen LogP contribution in [0.2, 0.25) is 0 Å². The van der Waals surface area contributed by atoms with Crippen molar-refractivity contribution in [2.75, 3.05) is 6.54 Å². The van der Waals surface area contributed by atoms with Crippen LogP contribution in [0.1, 0.15) is 60.5 Å². The van der Waals surface area contributed by atoms with Crippen LogP contribution in [0, 0.1) is 11.8 Å². The number of amides is 1. The summed E-state index contributed by atoms with van der Waals surface area (Å²) in [6, 6.07) is 3.32. The lowest BCUT2D eigenvalue weighted by Gasteiger charge is -2.33. The van der Waals surface area contributed by atoms with E-state index in [9.17, 15) is 9.90 Å². The summed E-state index contributed by atoms with van der Waals surface area (Å²) in [6.07, 6.45) is 4.77. The molecule has 6 heteroatoms. The summed E-state index contributed by atoms with van der Waals surface area (Å²) in [6.45, 7) is 3.90. The van der Waals surface area contributed by atoms with Gasteiger partial charge in [-0.3, -0.25) is 4.79 Å². The molecule has 0 aliphatic carbocycles. The molecule has 3 rings (SSSR count). The molecule has 0 aromatic carbocycles. The molecule has 1 unspecified atom stereocenters. The molecule has 1 saturated heterocycles. The van der Waals surface area contributed by atoms with E-state index in [0.717, 1.165) is 24.3 Å². The first kappa shape index (κ1) is 16.7. The fourth-order valence-corrected chi connectivity index (χ4v) is 3.49. The van der Waals surface area contributed by atoms with Crippen LogP contribution in [0.15, 0.2) is 28.1 Å². The number of hydrogen-bond acceptors (Lipinski definition) is 5. The van der Waals surface area contributed by atoms with Gasteiger partial charge in [0.15, 0.2) is 11.5 Å². The number of piperidine rings is 1. The van der Waals surface area contributed by atoms with E-state index in [-0.39, 0.29) is 17.7 Å². The molecule has 1 aliphatic rings. The van der Waals surface area contributed by atoms with Gasteiger partial charge in [0.25, 0.3) is 5.91 Å². The zero-order chi connectivity index (χ0) is 17.2. The van der Waals surface area contributed by atoms with Crippen LogP contribution >= 0.6 is 11.3 Å². The molecule has 2 aromatic rings. The highest BCUT2D eigenvalue weighted by Gasteiger charge is 2.31. The molecule has 0 radical (unpaired) electrons. The second-order valence-electron chi connectivity index (χ2n) is 6.35. The Bertz CT molecular complexity index is 762. The highest BCUT2D eigenvalue weighted by molar-refractivity contribution is 7.09. The number of hydrogen-bond donors (Lipinski definition) is 1. The van der Waals surface area contributed by atoms with Gasteiger partial charge in [-0.2, -0.15) is 0 Å². The molecule has 126 valence electrons. The Morgan fingerprint density at radius 2 is 2.29 bits per heavy atom. The molecule has 1 aliphatic heterocycles. The Morgan fingerprint density at radius 1 is 1.46 bits per heavy atom. The number of aliphatic hydroxyl groups is 1. The number of rotatable bonds is 2. The number of likely N-dealkylation sites (tertiary alicyclic amines) is 1. The van der Waals surface area contributed by atoms with Gasteiger partial charge in [0.2, 0.25) is 0 Å². The van der Waals surface area contributed by atoms with Crippen molar-refractivity contribution in [1.29, 1.82) is 0 Å². The van der Waals surface area contributed by atoms with Gasteiger partial charge in [0.05, 0.1) is 6.04 Å². The number of carbonyl (C=O) groups is 1. The van der Waals surface area contributed by atoms with Crippen LogP contribution in [-0.4, -0.2) is 33.0 Å². The third-order valence-corrected chi connectivity index (χ3v) is 4.69. The Labute approximate surface area is 145 Å². The summed E-state index contributed by atoms with van der Waals surface area (Å²) in [7, 11) is 0. The Kier molecular flexibility index (Phi) is 4.74. The van der Waals surface area contributed by atoms with Crippen molar-refractivity contribution in [3.63, 3.8) is 0 Å². The Morgan fingerprint density at radius 3 is 3.00 bits per heavy atom. The SMILES string of the molecule is CC(C)(O)C#Cc1ccc(C(=O)N2CCCCC2c2nccs2)o1. The number of carbonyl (C=O) groups excluding carboxylic acids is 1. The Hall–Kier alpha value is -2.10. The third kappa shape index (κ3) is 3.86. The molecule has 1 fully saturated rings. The molecule has 1 amide bonds. The maximum absolute atomic E-state index is 12.8. The van der Waals surface area contributed by atoms with Crippen LogP contribution in [-0.2, 0) is 0 Å². The topological polar surface area (TPSA) is 66.6 Å². The fraction of sp³-hybridized carbons (Fsp3) is 0.444. The first-order chi connectivity index (χ1) is 11.4. The summed E-state index contributed by atoms with van der Waals surface area (Å²) in [5.41, 5.74) is -1.10. The quantitative estimate of drug-likeness (QED) is 0.850. The Balaban J connectivity index is 1.80. The summed E-state index contributed by atoms with van der Waals surface area (Å²) in [4.78, 5) is 19.0.